The fourth-order valence-electron chi connectivity index (χ4n) is 3.79. The van der Waals surface area contributed by atoms with Crippen LogP contribution in [0.3, 0.4) is 0 Å². The number of primary amides is 1. The summed E-state index contributed by atoms with van der Waals surface area (Å²) in [4.78, 5) is 27.3. The lowest BCUT2D eigenvalue weighted by Crippen LogP contribution is -2.46. The Bertz CT molecular complexity index is 995. The molecule has 9 heteroatoms. The van der Waals surface area contributed by atoms with Gasteiger partial charge in [0.05, 0.1) is 13.2 Å². The van der Waals surface area contributed by atoms with E-state index in [-0.39, 0.29) is 16.7 Å². The summed E-state index contributed by atoms with van der Waals surface area (Å²) >= 11 is 0. The molecule has 0 bridgehead atoms. The van der Waals surface area contributed by atoms with Crippen molar-refractivity contribution in [3.05, 3.63) is 57.5 Å². The Labute approximate surface area is 164 Å². The summed E-state index contributed by atoms with van der Waals surface area (Å²) in [5.41, 5.74) is 3.27. The molecule has 2 fully saturated rings. The zero-order chi connectivity index (χ0) is 20.8. The molecular formula is C20H20F3N3O3. The fourth-order valence-corrected chi connectivity index (χ4v) is 3.79. The summed E-state index contributed by atoms with van der Waals surface area (Å²) in [6.45, 7) is 2.89. The number of carbonyl (C=O) groups is 1. The predicted octanol–water partition coefficient (Wildman–Crippen LogP) is 2.52. The predicted molar refractivity (Wildman–Crippen MR) is 99.2 cm³/mol. The van der Waals surface area contributed by atoms with Gasteiger partial charge >= 0.3 is 6.18 Å². The minimum atomic E-state index is -4.78. The number of amides is 1. The SMILES string of the molecule is NC(=O)c1cc(-c2ccc(CN3CCOCC34CC4)cc2)c(C(F)(F)F)[nH]c1=O. The Balaban J connectivity index is 1.65. The molecule has 2 aromatic rings. The smallest absolute Gasteiger partial charge is 0.378 e. The van der Waals surface area contributed by atoms with Gasteiger partial charge in [0.1, 0.15) is 11.3 Å². The number of hydrogen-bond donors (Lipinski definition) is 2. The van der Waals surface area contributed by atoms with Gasteiger partial charge in [-0.05, 0) is 30.0 Å². The van der Waals surface area contributed by atoms with Crippen molar-refractivity contribution in [2.45, 2.75) is 31.1 Å². The molecular weight excluding hydrogens is 387 g/mol. The van der Waals surface area contributed by atoms with Crippen molar-refractivity contribution in [2.75, 3.05) is 19.8 Å². The zero-order valence-corrected chi connectivity index (χ0v) is 15.5. The lowest BCUT2D eigenvalue weighted by molar-refractivity contribution is -0.140. The molecule has 4 rings (SSSR count). The number of rotatable bonds is 4. The molecule has 0 radical (unpaired) electrons. The number of aromatic nitrogens is 1. The number of alkyl halides is 3. The third kappa shape index (κ3) is 3.79. The maximum Gasteiger partial charge on any atom is 0.431 e. The molecule has 1 saturated heterocycles. The summed E-state index contributed by atoms with van der Waals surface area (Å²) in [5.74, 6) is -1.08. The third-order valence-corrected chi connectivity index (χ3v) is 5.60. The Morgan fingerprint density at radius 3 is 2.52 bits per heavy atom. The third-order valence-electron chi connectivity index (χ3n) is 5.60. The van der Waals surface area contributed by atoms with Crippen LogP contribution >= 0.6 is 0 Å². The molecule has 0 atom stereocenters. The molecule has 1 spiro atoms. The second-order valence-corrected chi connectivity index (χ2v) is 7.56. The van der Waals surface area contributed by atoms with E-state index in [4.69, 9.17) is 10.5 Å². The maximum absolute atomic E-state index is 13.4. The van der Waals surface area contributed by atoms with Gasteiger partial charge < -0.3 is 15.5 Å². The van der Waals surface area contributed by atoms with Crippen molar-refractivity contribution in [3.8, 4) is 11.1 Å². The first-order valence-electron chi connectivity index (χ1n) is 9.26. The maximum atomic E-state index is 13.4. The van der Waals surface area contributed by atoms with Gasteiger partial charge in [-0.25, -0.2) is 0 Å². The van der Waals surface area contributed by atoms with E-state index < -0.39 is 28.9 Å². The molecule has 3 N–H and O–H groups in total. The highest BCUT2D eigenvalue weighted by atomic mass is 19.4. The van der Waals surface area contributed by atoms with Gasteiger partial charge in [-0.2, -0.15) is 13.2 Å². The number of nitrogens with zero attached hydrogens (tertiary/aromatic N) is 1. The second kappa shape index (κ2) is 7.00. The van der Waals surface area contributed by atoms with Crippen LogP contribution in [0.15, 0.2) is 35.1 Å². The molecule has 154 valence electrons. The lowest BCUT2D eigenvalue weighted by Gasteiger charge is -2.36. The van der Waals surface area contributed by atoms with Crippen LogP contribution in [0.5, 0.6) is 0 Å². The van der Waals surface area contributed by atoms with Crippen LogP contribution in [0, 0.1) is 0 Å². The Kier molecular flexibility index (Phi) is 4.74. The topological polar surface area (TPSA) is 88.4 Å². The number of carbonyl (C=O) groups excluding carboxylic acids is 1. The molecule has 29 heavy (non-hydrogen) atoms. The van der Waals surface area contributed by atoms with Crippen LogP contribution in [-0.4, -0.2) is 41.1 Å². The zero-order valence-electron chi connectivity index (χ0n) is 15.5. The highest BCUT2D eigenvalue weighted by molar-refractivity contribution is 5.93. The first-order valence-corrected chi connectivity index (χ1v) is 9.26. The van der Waals surface area contributed by atoms with Gasteiger partial charge in [-0.3, -0.25) is 14.5 Å². The van der Waals surface area contributed by atoms with E-state index in [1.807, 2.05) is 0 Å². The minimum absolute atomic E-state index is 0.107. The van der Waals surface area contributed by atoms with Gasteiger partial charge in [-0.15, -0.1) is 0 Å². The average Bonchev–Trinajstić information content (AvgIpc) is 3.43. The number of pyridine rings is 1. The van der Waals surface area contributed by atoms with Crippen LogP contribution < -0.4 is 11.3 Å². The Morgan fingerprint density at radius 1 is 1.24 bits per heavy atom. The first kappa shape index (κ1) is 19.7. The summed E-state index contributed by atoms with van der Waals surface area (Å²) in [7, 11) is 0. The van der Waals surface area contributed by atoms with Gasteiger partial charge in [0, 0.05) is 24.2 Å². The number of ether oxygens (including phenoxy) is 1. The minimum Gasteiger partial charge on any atom is -0.378 e. The van der Waals surface area contributed by atoms with Crippen molar-refractivity contribution in [3.63, 3.8) is 0 Å². The number of aromatic amines is 1. The lowest BCUT2D eigenvalue weighted by atomic mass is 9.99. The van der Waals surface area contributed by atoms with E-state index >= 15 is 0 Å². The Hall–Kier alpha value is -2.65. The standard InChI is InChI=1S/C20H20F3N3O3/c21-20(22,23)16-14(9-15(17(24)27)18(28)25-16)13-3-1-12(2-4-13)10-26-7-8-29-11-19(26)5-6-19/h1-4,9H,5-8,10-11H2,(H2,24,27)(H,25,28). The molecule has 2 aliphatic rings. The van der Waals surface area contributed by atoms with Crippen LogP contribution in [0.25, 0.3) is 11.1 Å². The quantitative estimate of drug-likeness (QED) is 0.815. The average molecular weight is 407 g/mol. The molecule has 1 aromatic carbocycles. The molecule has 1 amide bonds. The number of halogens is 3. The number of nitrogens with two attached hydrogens (primary N) is 1. The van der Waals surface area contributed by atoms with Crippen molar-refractivity contribution < 1.29 is 22.7 Å². The summed E-state index contributed by atoms with van der Waals surface area (Å²) < 4.78 is 45.8. The first-order chi connectivity index (χ1) is 13.7. The number of benzene rings is 1. The second-order valence-electron chi connectivity index (χ2n) is 7.56. The van der Waals surface area contributed by atoms with E-state index in [1.54, 1.807) is 29.2 Å². The van der Waals surface area contributed by atoms with Crippen molar-refractivity contribution in [2.24, 2.45) is 5.73 Å². The van der Waals surface area contributed by atoms with Crippen LogP contribution in [0.4, 0.5) is 13.2 Å². The van der Waals surface area contributed by atoms with E-state index in [2.05, 4.69) is 4.90 Å². The molecule has 2 heterocycles. The molecule has 1 aliphatic carbocycles. The van der Waals surface area contributed by atoms with Crippen LogP contribution in [0.2, 0.25) is 0 Å². The van der Waals surface area contributed by atoms with Crippen molar-refractivity contribution in [1.82, 2.24) is 9.88 Å². The summed E-state index contributed by atoms with van der Waals surface area (Å²) in [6.07, 6.45) is -2.60. The summed E-state index contributed by atoms with van der Waals surface area (Å²) in [5, 5.41) is 0. The number of nitrogens with one attached hydrogen (secondary N) is 1. The van der Waals surface area contributed by atoms with Gasteiger partial charge in [-0.1, -0.05) is 24.3 Å². The molecule has 0 unspecified atom stereocenters. The van der Waals surface area contributed by atoms with Crippen LogP contribution in [-0.2, 0) is 17.5 Å². The fraction of sp³-hybridized carbons (Fsp3) is 0.400. The van der Waals surface area contributed by atoms with Crippen LogP contribution in [0.1, 0.15) is 34.5 Å². The number of morpholine rings is 1. The highest BCUT2D eigenvalue weighted by Gasteiger charge is 2.49. The molecule has 1 aliphatic heterocycles. The van der Waals surface area contributed by atoms with E-state index in [1.165, 1.54) is 0 Å². The van der Waals surface area contributed by atoms with Gasteiger partial charge in [0.25, 0.3) is 11.5 Å². The van der Waals surface area contributed by atoms with Crippen molar-refractivity contribution in [1.29, 1.82) is 0 Å². The normalized spacial score (nSPS) is 18.7. The monoisotopic (exact) mass is 407 g/mol. The van der Waals surface area contributed by atoms with E-state index in [9.17, 15) is 22.8 Å². The molecule has 1 aromatic heterocycles. The highest BCUT2D eigenvalue weighted by Crippen LogP contribution is 2.44. The molecule has 6 nitrogen and oxygen atoms in total. The van der Waals surface area contributed by atoms with E-state index in [0.717, 1.165) is 31.0 Å². The van der Waals surface area contributed by atoms with Gasteiger partial charge in [0.15, 0.2) is 0 Å². The van der Waals surface area contributed by atoms with Crippen molar-refractivity contribution >= 4 is 5.91 Å². The number of H-pyrrole nitrogens is 1. The summed E-state index contributed by atoms with van der Waals surface area (Å²) in [6, 6.07) is 7.54. The van der Waals surface area contributed by atoms with E-state index in [0.29, 0.717) is 19.8 Å². The van der Waals surface area contributed by atoms with Gasteiger partial charge in [0.2, 0.25) is 0 Å². The molecule has 1 saturated carbocycles. The number of hydrogen-bond acceptors (Lipinski definition) is 4. The Morgan fingerprint density at radius 2 is 1.93 bits per heavy atom. The largest absolute Gasteiger partial charge is 0.431 e.